The van der Waals surface area contributed by atoms with Crippen LogP contribution in [0.1, 0.15) is 5.56 Å². The monoisotopic (exact) mass is 267 g/mol. The van der Waals surface area contributed by atoms with Gasteiger partial charge in [-0.25, -0.2) is 4.68 Å². The lowest BCUT2D eigenvalue weighted by molar-refractivity contribution is 0.450. The maximum Gasteiger partial charge on any atom is 0.120 e. The van der Waals surface area contributed by atoms with Crippen LogP contribution in [0.4, 0.5) is 0 Å². The van der Waals surface area contributed by atoms with E-state index in [1.165, 1.54) is 18.2 Å². The molecule has 3 rings (SSSR count). The van der Waals surface area contributed by atoms with Crippen molar-refractivity contribution in [3.05, 3.63) is 60.3 Å². The highest BCUT2D eigenvalue weighted by atomic mass is 16.3. The van der Waals surface area contributed by atoms with Crippen LogP contribution in [-0.4, -0.2) is 25.2 Å². The molecule has 0 spiro atoms. The first-order valence-corrected chi connectivity index (χ1v) is 6.19. The summed E-state index contributed by atoms with van der Waals surface area (Å²) in [5.41, 5.74) is 2.35. The van der Waals surface area contributed by atoms with Gasteiger partial charge >= 0.3 is 0 Å². The van der Waals surface area contributed by atoms with Gasteiger partial charge in [0, 0.05) is 11.1 Å². The molecule has 2 aromatic carbocycles. The summed E-state index contributed by atoms with van der Waals surface area (Å²) in [6.07, 6.45) is 1.80. The van der Waals surface area contributed by atoms with E-state index in [4.69, 9.17) is 0 Å². The van der Waals surface area contributed by atoms with Crippen LogP contribution in [0.25, 0.3) is 11.3 Å². The van der Waals surface area contributed by atoms with Crippen molar-refractivity contribution in [2.45, 2.75) is 6.54 Å². The number of nitrogens with zero attached hydrogens (tertiary/aromatic N) is 3. The quantitative estimate of drug-likeness (QED) is 0.715. The molecule has 0 saturated heterocycles. The molecule has 0 saturated carbocycles. The first kappa shape index (κ1) is 12.2. The lowest BCUT2D eigenvalue weighted by atomic mass is 10.2. The first-order valence-electron chi connectivity index (χ1n) is 6.19. The van der Waals surface area contributed by atoms with Crippen LogP contribution < -0.4 is 0 Å². The van der Waals surface area contributed by atoms with E-state index >= 15 is 0 Å². The molecule has 100 valence electrons. The van der Waals surface area contributed by atoms with Crippen molar-refractivity contribution >= 4 is 0 Å². The van der Waals surface area contributed by atoms with Gasteiger partial charge in [-0.1, -0.05) is 35.5 Å². The van der Waals surface area contributed by atoms with Gasteiger partial charge in [0.05, 0.1) is 12.7 Å². The summed E-state index contributed by atoms with van der Waals surface area (Å²) in [5, 5.41) is 27.3. The van der Waals surface area contributed by atoms with Crippen LogP contribution in [0.5, 0.6) is 11.5 Å². The van der Waals surface area contributed by atoms with E-state index in [-0.39, 0.29) is 11.5 Å². The second kappa shape index (κ2) is 5.05. The second-order valence-corrected chi connectivity index (χ2v) is 4.48. The van der Waals surface area contributed by atoms with Gasteiger partial charge in [-0.15, -0.1) is 5.10 Å². The Morgan fingerprint density at radius 1 is 1.00 bits per heavy atom. The number of aromatic hydroxyl groups is 2. The van der Waals surface area contributed by atoms with Gasteiger partial charge in [-0.05, 0) is 18.2 Å². The van der Waals surface area contributed by atoms with Gasteiger partial charge in [0.25, 0.3) is 0 Å². The van der Waals surface area contributed by atoms with E-state index in [1.54, 1.807) is 10.9 Å². The Bertz CT molecular complexity index is 723. The van der Waals surface area contributed by atoms with E-state index in [0.29, 0.717) is 12.1 Å². The summed E-state index contributed by atoms with van der Waals surface area (Å²) in [7, 11) is 0. The number of phenolic OH excluding ortho intramolecular Hbond substituents is 2. The molecule has 5 heteroatoms. The molecule has 1 heterocycles. The standard InChI is InChI=1S/C15H13N3O2/c19-13-6-7-15(20)12(8-13)9-18-10-14(16-17-18)11-4-2-1-3-5-11/h1-8,10,19-20H,9H2. The van der Waals surface area contributed by atoms with Crippen LogP contribution in [-0.2, 0) is 6.54 Å². The minimum absolute atomic E-state index is 0.112. The zero-order chi connectivity index (χ0) is 13.9. The van der Waals surface area contributed by atoms with Crippen molar-refractivity contribution in [1.29, 1.82) is 0 Å². The lowest BCUT2D eigenvalue weighted by Crippen LogP contribution is -2.00. The van der Waals surface area contributed by atoms with Crippen molar-refractivity contribution in [1.82, 2.24) is 15.0 Å². The molecular formula is C15H13N3O2. The highest BCUT2D eigenvalue weighted by Crippen LogP contribution is 2.23. The van der Waals surface area contributed by atoms with Crippen LogP contribution in [0.3, 0.4) is 0 Å². The predicted octanol–water partition coefficient (Wildman–Crippen LogP) is 2.40. The van der Waals surface area contributed by atoms with Crippen molar-refractivity contribution < 1.29 is 10.2 Å². The summed E-state index contributed by atoms with van der Waals surface area (Å²) in [5.74, 6) is 0.237. The summed E-state index contributed by atoms with van der Waals surface area (Å²) < 4.78 is 1.62. The Balaban J connectivity index is 1.86. The summed E-state index contributed by atoms with van der Waals surface area (Å²) in [6.45, 7) is 0.347. The predicted molar refractivity (Wildman–Crippen MR) is 74.3 cm³/mol. The van der Waals surface area contributed by atoms with Crippen molar-refractivity contribution in [3.63, 3.8) is 0 Å². The normalized spacial score (nSPS) is 10.6. The largest absolute Gasteiger partial charge is 0.508 e. The number of aromatic nitrogens is 3. The Hall–Kier alpha value is -2.82. The number of phenols is 2. The fourth-order valence-electron chi connectivity index (χ4n) is 1.99. The average Bonchev–Trinajstić information content (AvgIpc) is 2.92. The molecular weight excluding hydrogens is 254 g/mol. The molecule has 0 bridgehead atoms. The molecule has 0 amide bonds. The summed E-state index contributed by atoms with van der Waals surface area (Å²) >= 11 is 0. The molecule has 20 heavy (non-hydrogen) atoms. The molecule has 0 aliphatic carbocycles. The molecule has 0 unspecified atom stereocenters. The van der Waals surface area contributed by atoms with Crippen molar-refractivity contribution in [2.75, 3.05) is 0 Å². The molecule has 3 aromatic rings. The van der Waals surface area contributed by atoms with Crippen LogP contribution in [0, 0.1) is 0 Å². The minimum Gasteiger partial charge on any atom is -0.508 e. The molecule has 0 aliphatic rings. The first-order chi connectivity index (χ1) is 9.72. The number of benzene rings is 2. The van der Waals surface area contributed by atoms with Crippen LogP contribution in [0.15, 0.2) is 54.7 Å². The van der Waals surface area contributed by atoms with Gasteiger partial charge in [0.1, 0.15) is 17.2 Å². The Morgan fingerprint density at radius 2 is 1.80 bits per heavy atom. The molecule has 0 aliphatic heterocycles. The van der Waals surface area contributed by atoms with E-state index in [0.717, 1.165) is 11.3 Å². The number of rotatable bonds is 3. The highest BCUT2D eigenvalue weighted by Gasteiger charge is 2.07. The molecule has 2 N–H and O–H groups in total. The summed E-state index contributed by atoms with van der Waals surface area (Å²) in [6, 6.07) is 14.2. The molecule has 0 atom stereocenters. The van der Waals surface area contributed by atoms with Gasteiger partial charge in [-0.2, -0.15) is 0 Å². The number of hydrogen-bond donors (Lipinski definition) is 2. The van der Waals surface area contributed by atoms with Gasteiger partial charge < -0.3 is 10.2 Å². The van der Waals surface area contributed by atoms with E-state index in [9.17, 15) is 10.2 Å². The third kappa shape index (κ3) is 2.47. The Kier molecular flexibility index (Phi) is 3.09. The molecule has 0 fully saturated rings. The van der Waals surface area contributed by atoms with Gasteiger partial charge in [0.15, 0.2) is 0 Å². The Labute approximate surface area is 115 Å². The maximum absolute atomic E-state index is 9.75. The lowest BCUT2D eigenvalue weighted by Gasteiger charge is -2.04. The topological polar surface area (TPSA) is 71.2 Å². The van der Waals surface area contributed by atoms with Crippen LogP contribution in [0.2, 0.25) is 0 Å². The third-order valence-electron chi connectivity index (χ3n) is 3.00. The molecule has 5 nitrogen and oxygen atoms in total. The van der Waals surface area contributed by atoms with E-state index in [2.05, 4.69) is 10.3 Å². The summed E-state index contributed by atoms with van der Waals surface area (Å²) in [4.78, 5) is 0. The molecule has 0 radical (unpaired) electrons. The van der Waals surface area contributed by atoms with E-state index < -0.39 is 0 Å². The zero-order valence-electron chi connectivity index (χ0n) is 10.6. The number of hydrogen-bond acceptors (Lipinski definition) is 4. The third-order valence-corrected chi connectivity index (χ3v) is 3.00. The fraction of sp³-hybridized carbons (Fsp3) is 0.0667. The van der Waals surface area contributed by atoms with Crippen molar-refractivity contribution in [3.8, 4) is 22.8 Å². The average molecular weight is 267 g/mol. The molecule has 1 aromatic heterocycles. The smallest absolute Gasteiger partial charge is 0.120 e. The maximum atomic E-state index is 9.75. The van der Waals surface area contributed by atoms with Crippen molar-refractivity contribution in [2.24, 2.45) is 0 Å². The van der Waals surface area contributed by atoms with E-state index in [1.807, 2.05) is 30.3 Å². The van der Waals surface area contributed by atoms with Gasteiger partial charge in [0.2, 0.25) is 0 Å². The zero-order valence-corrected chi connectivity index (χ0v) is 10.6. The minimum atomic E-state index is 0.112. The van der Waals surface area contributed by atoms with Crippen LogP contribution >= 0.6 is 0 Å². The Morgan fingerprint density at radius 3 is 2.60 bits per heavy atom. The highest BCUT2D eigenvalue weighted by molar-refractivity contribution is 5.57. The second-order valence-electron chi connectivity index (χ2n) is 4.48. The van der Waals surface area contributed by atoms with Gasteiger partial charge in [-0.3, -0.25) is 0 Å². The fourth-order valence-corrected chi connectivity index (χ4v) is 1.99. The SMILES string of the molecule is Oc1ccc(O)c(Cn2cc(-c3ccccc3)nn2)c1.